The number of nitrogens with zero attached hydrogens (tertiary/aromatic N) is 1. The van der Waals surface area contributed by atoms with Gasteiger partial charge >= 0.3 is 6.61 Å². The quantitative estimate of drug-likeness (QED) is 0.572. The Hall–Kier alpha value is -3.40. The average molecular weight is 372 g/mol. The number of carbonyl (C=O) groups excluding carboxylic acids is 1. The predicted molar refractivity (Wildman–Crippen MR) is 97.6 cm³/mol. The Morgan fingerprint density at radius 3 is 2.67 bits per heavy atom. The normalized spacial score (nSPS) is 11.0. The van der Waals surface area contributed by atoms with Gasteiger partial charge in [-0.2, -0.15) is 14.0 Å². The van der Waals surface area contributed by atoms with Gasteiger partial charge in [0.05, 0.1) is 6.61 Å². The van der Waals surface area contributed by atoms with Crippen molar-refractivity contribution < 1.29 is 23.0 Å². The third-order valence-corrected chi connectivity index (χ3v) is 3.44. The number of carbonyl (C=O) groups is 1. The van der Waals surface area contributed by atoms with E-state index in [0.717, 1.165) is 5.56 Å². The highest BCUT2D eigenvalue weighted by Gasteiger charge is 2.13. The average Bonchev–Trinajstić information content (AvgIpc) is 2.61. The van der Waals surface area contributed by atoms with E-state index in [-0.39, 0.29) is 23.7 Å². The van der Waals surface area contributed by atoms with Gasteiger partial charge in [0.1, 0.15) is 11.6 Å². The van der Waals surface area contributed by atoms with Gasteiger partial charge in [-0.05, 0) is 55.3 Å². The fourth-order valence-corrected chi connectivity index (χ4v) is 2.31. The van der Waals surface area contributed by atoms with E-state index < -0.39 is 12.5 Å². The highest BCUT2D eigenvalue weighted by atomic mass is 19.3. The number of aryl methyl sites for hydroxylation is 1. The van der Waals surface area contributed by atoms with Gasteiger partial charge in [0.25, 0.3) is 5.91 Å². The molecule has 0 unspecified atom stereocenters. The number of hydrogen-bond donors (Lipinski definition) is 1. The molecule has 0 aromatic heterocycles. The summed E-state index contributed by atoms with van der Waals surface area (Å²) >= 11 is 0. The van der Waals surface area contributed by atoms with Gasteiger partial charge in [-0.1, -0.05) is 18.2 Å². The number of hydrogen-bond acceptors (Lipinski definition) is 4. The molecule has 1 N–H and O–H groups in total. The number of halogens is 2. The summed E-state index contributed by atoms with van der Waals surface area (Å²) in [7, 11) is 0. The lowest BCUT2D eigenvalue weighted by Gasteiger charge is -2.12. The Kier molecular flexibility index (Phi) is 6.89. The van der Waals surface area contributed by atoms with Crippen molar-refractivity contribution in [1.29, 1.82) is 5.26 Å². The van der Waals surface area contributed by atoms with Crippen LogP contribution in [0.3, 0.4) is 0 Å². The standard InChI is InChI=1S/C20H18F2N2O3/c1-3-26-18-11-14(7-8-17(18)27-20(21)22)10-15(12-23)19(25)24-16-6-4-5-13(2)9-16/h4-11,20H,3H2,1-2H3,(H,24,25)/b15-10+. The minimum absolute atomic E-state index is 0.0999. The third-order valence-electron chi connectivity index (χ3n) is 3.44. The smallest absolute Gasteiger partial charge is 0.387 e. The summed E-state index contributed by atoms with van der Waals surface area (Å²) in [4.78, 5) is 12.3. The summed E-state index contributed by atoms with van der Waals surface area (Å²) in [5.41, 5.74) is 1.83. The van der Waals surface area contributed by atoms with Crippen LogP contribution >= 0.6 is 0 Å². The first-order valence-electron chi connectivity index (χ1n) is 8.14. The van der Waals surface area contributed by atoms with Gasteiger partial charge in [-0.3, -0.25) is 4.79 Å². The van der Waals surface area contributed by atoms with Crippen LogP contribution in [-0.4, -0.2) is 19.1 Å². The maximum absolute atomic E-state index is 12.5. The molecule has 2 aromatic rings. The van der Waals surface area contributed by atoms with Crippen LogP contribution in [0.1, 0.15) is 18.1 Å². The number of ether oxygens (including phenoxy) is 2. The molecule has 0 saturated carbocycles. The summed E-state index contributed by atoms with van der Waals surface area (Å²) < 4.78 is 34.6. The third kappa shape index (κ3) is 5.82. The molecule has 27 heavy (non-hydrogen) atoms. The lowest BCUT2D eigenvalue weighted by molar-refractivity contribution is -0.112. The zero-order valence-electron chi connectivity index (χ0n) is 14.8. The van der Waals surface area contributed by atoms with Crippen molar-refractivity contribution in [1.82, 2.24) is 0 Å². The first-order chi connectivity index (χ1) is 12.9. The lowest BCUT2D eigenvalue weighted by Crippen LogP contribution is -2.13. The van der Waals surface area contributed by atoms with Crippen molar-refractivity contribution in [3.63, 3.8) is 0 Å². The van der Waals surface area contributed by atoms with Crippen LogP contribution in [0.5, 0.6) is 11.5 Å². The first kappa shape index (κ1) is 19.9. The largest absolute Gasteiger partial charge is 0.490 e. The van der Waals surface area contributed by atoms with Gasteiger partial charge in [0.2, 0.25) is 0 Å². The highest BCUT2D eigenvalue weighted by molar-refractivity contribution is 6.09. The van der Waals surface area contributed by atoms with E-state index in [2.05, 4.69) is 10.1 Å². The SMILES string of the molecule is CCOc1cc(/C=C(\C#N)C(=O)Nc2cccc(C)c2)ccc1OC(F)F. The van der Waals surface area contributed by atoms with Crippen LogP contribution in [0.25, 0.3) is 6.08 Å². The molecule has 0 aliphatic heterocycles. The fraction of sp³-hybridized carbons (Fsp3) is 0.200. The Morgan fingerprint density at radius 1 is 1.26 bits per heavy atom. The van der Waals surface area contributed by atoms with E-state index in [1.54, 1.807) is 25.1 Å². The van der Waals surface area contributed by atoms with Crippen LogP contribution in [0.15, 0.2) is 48.0 Å². The topological polar surface area (TPSA) is 71.3 Å². The minimum atomic E-state index is -2.99. The molecule has 2 aromatic carbocycles. The maximum Gasteiger partial charge on any atom is 0.387 e. The molecule has 7 heteroatoms. The summed E-state index contributed by atoms with van der Waals surface area (Å²) in [6.45, 7) is 0.839. The Morgan fingerprint density at radius 2 is 2.04 bits per heavy atom. The van der Waals surface area contributed by atoms with Crippen molar-refractivity contribution in [3.8, 4) is 17.6 Å². The van der Waals surface area contributed by atoms with E-state index in [4.69, 9.17) is 4.74 Å². The molecule has 0 aliphatic carbocycles. The monoisotopic (exact) mass is 372 g/mol. The Balaban J connectivity index is 2.26. The number of alkyl halides is 2. The maximum atomic E-state index is 12.5. The molecule has 2 rings (SSSR count). The van der Waals surface area contributed by atoms with Crippen molar-refractivity contribution in [2.24, 2.45) is 0 Å². The zero-order valence-corrected chi connectivity index (χ0v) is 14.8. The van der Waals surface area contributed by atoms with Crippen molar-refractivity contribution in [3.05, 3.63) is 59.2 Å². The molecule has 0 fully saturated rings. The van der Waals surface area contributed by atoms with E-state index in [9.17, 15) is 18.8 Å². The zero-order chi connectivity index (χ0) is 19.8. The van der Waals surface area contributed by atoms with E-state index in [0.29, 0.717) is 11.3 Å². The molecule has 1 amide bonds. The number of nitriles is 1. The van der Waals surface area contributed by atoms with Crippen LogP contribution in [0.4, 0.5) is 14.5 Å². The van der Waals surface area contributed by atoms with E-state index in [1.165, 1.54) is 24.3 Å². The Labute approximate surface area is 155 Å². The number of anilines is 1. The predicted octanol–water partition coefficient (Wildman–Crippen LogP) is 4.54. The molecule has 0 spiro atoms. The molecule has 5 nitrogen and oxygen atoms in total. The Bertz CT molecular complexity index is 889. The number of nitrogens with one attached hydrogen (secondary N) is 1. The summed E-state index contributed by atoms with van der Waals surface area (Å²) in [6.07, 6.45) is 1.35. The molecule has 0 radical (unpaired) electrons. The molecule has 0 bridgehead atoms. The first-order valence-corrected chi connectivity index (χ1v) is 8.14. The molecular formula is C20H18F2N2O3. The van der Waals surface area contributed by atoms with Crippen LogP contribution in [0, 0.1) is 18.3 Å². The number of rotatable bonds is 7. The van der Waals surface area contributed by atoms with Gasteiger partial charge in [0.15, 0.2) is 11.5 Å². The summed E-state index contributed by atoms with van der Waals surface area (Å²) in [5.74, 6) is -0.594. The fourth-order valence-electron chi connectivity index (χ4n) is 2.31. The van der Waals surface area contributed by atoms with E-state index in [1.807, 2.05) is 19.1 Å². The van der Waals surface area contributed by atoms with Crippen LogP contribution in [0.2, 0.25) is 0 Å². The van der Waals surface area contributed by atoms with Gasteiger partial charge in [-0.25, -0.2) is 0 Å². The van der Waals surface area contributed by atoms with Crippen molar-refractivity contribution >= 4 is 17.7 Å². The van der Waals surface area contributed by atoms with Gasteiger partial charge in [0, 0.05) is 5.69 Å². The summed E-state index contributed by atoms with van der Waals surface area (Å²) in [6, 6.07) is 13.2. The molecule has 0 heterocycles. The van der Waals surface area contributed by atoms with Crippen LogP contribution in [-0.2, 0) is 4.79 Å². The highest BCUT2D eigenvalue weighted by Crippen LogP contribution is 2.30. The molecular weight excluding hydrogens is 354 g/mol. The minimum Gasteiger partial charge on any atom is -0.490 e. The molecule has 0 aliphatic rings. The molecule has 140 valence electrons. The second-order valence-electron chi connectivity index (χ2n) is 5.51. The van der Waals surface area contributed by atoms with Crippen molar-refractivity contribution in [2.45, 2.75) is 20.5 Å². The molecule has 0 saturated heterocycles. The summed E-state index contributed by atoms with van der Waals surface area (Å²) in [5, 5.41) is 11.9. The number of benzene rings is 2. The molecule has 0 atom stereocenters. The van der Waals surface area contributed by atoms with E-state index >= 15 is 0 Å². The van der Waals surface area contributed by atoms with Gasteiger partial charge in [-0.15, -0.1) is 0 Å². The second-order valence-corrected chi connectivity index (χ2v) is 5.51. The number of amides is 1. The van der Waals surface area contributed by atoms with Crippen LogP contribution < -0.4 is 14.8 Å². The van der Waals surface area contributed by atoms with Gasteiger partial charge < -0.3 is 14.8 Å². The lowest BCUT2D eigenvalue weighted by atomic mass is 10.1. The second kappa shape index (κ2) is 9.34. The van der Waals surface area contributed by atoms with Crippen molar-refractivity contribution in [2.75, 3.05) is 11.9 Å².